The second-order valence-corrected chi connectivity index (χ2v) is 10.4. The summed E-state index contributed by atoms with van der Waals surface area (Å²) in [6.45, 7) is 6.47. The van der Waals surface area contributed by atoms with Gasteiger partial charge < -0.3 is 15.2 Å². The average molecular weight is 575 g/mol. The van der Waals surface area contributed by atoms with Crippen LogP contribution in [0.25, 0.3) is 0 Å². The molecule has 0 radical (unpaired) electrons. The summed E-state index contributed by atoms with van der Waals surface area (Å²) in [4.78, 5) is 25.3. The highest BCUT2D eigenvalue weighted by atomic mass is 35.5. The van der Waals surface area contributed by atoms with Gasteiger partial charge in [-0.25, -0.2) is 0 Å². The summed E-state index contributed by atoms with van der Waals surface area (Å²) >= 11 is 25.2. The van der Waals surface area contributed by atoms with E-state index in [0.717, 1.165) is 0 Å². The molecule has 0 aliphatic carbocycles. The van der Waals surface area contributed by atoms with Gasteiger partial charge in [-0.05, 0) is 49.2 Å². The van der Waals surface area contributed by atoms with Gasteiger partial charge in [-0.15, -0.1) is 10.2 Å². The Morgan fingerprint density at radius 1 is 0.971 bits per heavy atom. The van der Waals surface area contributed by atoms with Crippen LogP contribution in [0.5, 0.6) is 0 Å². The number of hydrogen-bond donors (Lipinski definition) is 2. The van der Waals surface area contributed by atoms with E-state index >= 15 is 0 Å². The second kappa shape index (κ2) is 12.3. The number of nitrogens with zero attached hydrogens (tertiary/aromatic N) is 3. The maximum Gasteiger partial charge on any atom is 0.251 e. The molecule has 1 heterocycles. The Morgan fingerprint density at radius 3 is 2.23 bits per heavy atom. The molecule has 0 aliphatic rings. The third-order valence-electron chi connectivity index (χ3n) is 5.01. The van der Waals surface area contributed by atoms with E-state index in [1.807, 2.05) is 25.3 Å². The number of thioether (sulfide) groups is 1. The Balaban J connectivity index is 1.72. The standard InChI is InChI=1S/C23H23Cl4N5O2S/c1-4-32-21(20(12(2)3)29-22(34)13-5-7-15(24)17(26)9-13)30-31-23(32)35-11-19(33)28-14-6-8-16(25)18(27)10-14/h5-10,12,20H,4,11H2,1-3H3,(H,28,33)(H,29,34)/t20-/m0/s1. The van der Waals surface area contributed by atoms with Gasteiger partial charge in [0.2, 0.25) is 5.91 Å². The molecule has 2 aromatic carbocycles. The number of amides is 2. The third kappa shape index (κ3) is 7.05. The first-order chi connectivity index (χ1) is 16.6. The van der Waals surface area contributed by atoms with Crippen LogP contribution in [-0.4, -0.2) is 32.3 Å². The molecule has 0 aliphatic heterocycles. The summed E-state index contributed by atoms with van der Waals surface area (Å²) in [5, 5.41) is 16.4. The van der Waals surface area contributed by atoms with E-state index in [2.05, 4.69) is 20.8 Å². The van der Waals surface area contributed by atoms with Gasteiger partial charge >= 0.3 is 0 Å². The summed E-state index contributed by atoms with van der Waals surface area (Å²) in [5.74, 6) is 0.202. The normalized spacial score (nSPS) is 12.0. The minimum absolute atomic E-state index is 0.0204. The second-order valence-electron chi connectivity index (χ2n) is 7.87. The van der Waals surface area contributed by atoms with Gasteiger partial charge in [0.15, 0.2) is 11.0 Å². The van der Waals surface area contributed by atoms with Crippen LogP contribution in [0.3, 0.4) is 0 Å². The molecule has 7 nitrogen and oxygen atoms in total. The van der Waals surface area contributed by atoms with Crippen LogP contribution in [-0.2, 0) is 11.3 Å². The Morgan fingerprint density at radius 2 is 1.63 bits per heavy atom. The van der Waals surface area contributed by atoms with Crippen LogP contribution in [0, 0.1) is 5.92 Å². The van der Waals surface area contributed by atoms with Crippen molar-refractivity contribution in [1.29, 1.82) is 0 Å². The molecular weight excluding hydrogens is 552 g/mol. The lowest BCUT2D eigenvalue weighted by atomic mass is 10.0. The van der Waals surface area contributed by atoms with Gasteiger partial charge in [-0.2, -0.15) is 0 Å². The number of carbonyl (C=O) groups is 2. The van der Waals surface area contributed by atoms with E-state index in [1.54, 1.807) is 30.3 Å². The van der Waals surface area contributed by atoms with E-state index in [4.69, 9.17) is 46.4 Å². The summed E-state index contributed by atoms with van der Waals surface area (Å²) in [5.41, 5.74) is 0.939. The van der Waals surface area contributed by atoms with Crippen molar-refractivity contribution < 1.29 is 9.59 Å². The van der Waals surface area contributed by atoms with Crippen molar-refractivity contribution in [2.75, 3.05) is 11.1 Å². The summed E-state index contributed by atoms with van der Waals surface area (Å²) in [6, 6.07) is 9.17. The van der Waals surface area contributed by atoms with Crippen LogP contribution in [0.4, 0.5) is 5.69 Å². The van der Waals surface area contributed by atoms with E-state index in [0.29, 0.717) is 48.9 Å². The molecule has 12 heteroatoms. The van der Waals surface area contributed by atoms with E-state index < -0.39 is 6.04 Å². The number of nitrogens with one attached hydrogen (secondary N) is 2. The third-order valence-corrected chi connectivity index (χ3v) is 7.46. The molecule has 0 saturated carbocycles. The molecular formula is C23H23Cl4N5O2S. The largest absolute Gasteiger partial charge is 0.342 e. The minimum Gasteiger partial charge on any atom is -0.342 e. The van der Waals surface area contributed by atoms with Crippen molar-refractivity contribution >= 4 is 75.7 Å². The zero-order valence-electron chi connectivity index (χ0n) is 19.1. The van der Waals surface area contributed by atoms with Gasteiger partial charge in [-0.1, -0.05) is 72.0 Å². The molecule has 1 atom stereocenters. The molecule has 0 saturated heterocycles. The number of aromatic nitrogens is 3. The number of hydrogen-bond acceptors (Lipinski definition) is 5. The first kappa shape index (κ1) is 27.6. The fourth-order valence-corrected chi connectivity index (χ4v) is 4.63. The molecule has 2 amide bonds. The fraction of sp³-hybridized carbons (Fsp3) is 0.304. The highest BCUT2D eigenvalue weighted by Gasteiger charge is 2.26. The Kier molecular flexibility index (Phi) is 9.72. The average Bonchev–Trinajstić information content (AvgIpc) is 3.22. The maximum absolute atomic E-state index is 12.9. The molecule has 186 valence electrons. The zero-order valence-corrected chi connectivity index (χ0v) is 23.0. The Hall–Kier alpha value is -1.97. The maximum atomic E-state index is 12.9. The summed E-state index contributed by atoms with van der Waals surface area (Å²) < 4.78 is 1.89. The van der Waals surface area contributed by atoms with E-state index in [1.165, 1.54) is 17.8 Å². The van der Waals surface area contributed by atoms with Gasteiger partial charge in [0.1, 0.15) is 0 Å². The van der Waals surface area contributed by atoms with E-state index in [-0.39, 0.29) is 23.5 Å². The Labute approximate surface area is 227 Å². The lowest BCUT2D eigenvalue weighted by Gasteiger charge is -2.22. The van der Waals surface area contributed by atoms with Crippen molar-refractivity contribution in [2.24, 2.45) is 5.92 Å². The van der Waals surface area contributed by atoms with Crippen molar-refractivity contribution in [3.05, 3.63) is 67.9 Å². The van der Waals surface area contributed by atoms with Gasteiger partial charge in [0.25, 0.3) is 5.91 Å². The molecule has 0 spiro atoms. The number of halogens is 4. The van der Waals surface area contributed by atoms with Crippen LogP contribution < -0.4 is 10.6 Å². The molecule has 0 bridgehead atoms. The van der Waals surface area contributed by atoms with Crippen molar-refractivity contribution in [1.82, 2.24) is 20.1 Å². The predicted molar refractivity (Wildman–Crippen MR) is 143 cm³/mol. The lowest BCUT2D eigenvalue weighted by molar-refractivity contribution is -0.113. The first-order valence-electron chi connectivity index (χ1n) is 10.7. The van der Waals surface area contributed by atoms with Crippen LogP contribution in [0.1, 0.15) is 43.0 Å². The fourth-order valence-electron chi connectivity index (χ4n) is 3.23. The van der Waals surface area contributed by atoms with Crippen LogP contribution >= 0.6 is 58.2 Å². The molecule has 1 aromatic heterocycles. The van der Waals surface area contributed by atoms with Crippen molar-refractivity contribution in [2.45, 2.75) is 38.5 Å². The Bertz CT molecular complexity index is 1230. The van der Waals surface area contributed by atoms with Crippen LogP contribution in [0.2, 0.25) is 20.1 Å². The summed E-state index contributed by atoms with van der Waals surface area (Å²) in [6.07, 6.45) is 0. The smallest absolute Gasteiger partial charge is 0.251 e. The lowest BCUT2D eigenvalue weighted by Crippen LogP contribution is -2.33. The SMILES string of the molecule is CCn1c(SCC(=O)Nc2ccc(Cl)c(Cl)c2)nnc1[C@@H](NC(=O)c1ccc(Cl)c(Cl)c1)C(C)C. The number of rotatable bonds is 9. The quantitative estimate of drug-likeness (QED) is 0.275. The van der Waals surface area contributed by atoms with Gasteiger partial charge in [0.05, 0.1) is 31.9 Å². The van der Waals surface area contributed by atoms with Crippen molar-refractivity contribution in [3.8, 4) is 0 Å². The molecule has 2 N–H and O–H groups in total. The monoisotopic (exact) mass is 573 g/mol. The van der Waals surface area contributed by atoms with E-state index in [9.17, 15) is 9.59 Å². The highest BCUT2D eigenvalue weighted by molar-refractivity contribution is 7.99. The number of benzene rings is 2. The molecule has 3 aromatic rings. The zero-order chi connectivity index (χ0) is 25.7. The first-order valence-corrected chi connectivity index (χ1v) is 13.2. The van der Waals surface area contributed by atoms with Crippen LogP contribution in [0.15, 0.2) is 41.6 Å². The minimum atomic E-state index is -0.413. The van der Waals surface area contributed by atoms with Crippen molar-refractivity contribution in [3.63, 3.8) is 0 Å². The summed E-state index contributed by atoms with van der Waals surface area (Å²) in [7, 11) is 0. The molecule has 0 unspecified atom stereocenters. The molecule has 0 fully saturated rings. The number of anilines is 1. The molecule has 35 heavy (non-hydrogen) atoms. The molecule has 3 rings (SSSR count). The highest BCUT2D eigenvalue weighted by Crippen LogP contribution is 2.28. The number of carbonyl (C=O) groups excluding carboxylic acids is 2. The van der Waals surface area contributed by atoms with Gasteiger partial charge in [-0.3, -0.25) is 9.59 Å². The van der Waals surface area contributed by atoms with Gasteiger partial charge in [0, 0.05) is 17.8 Å². The topological polar surface area (TPSA) is 88.9 Å². The predicted octanol–water partition coefficient (Wildman–Crippen LogP) is 6.77.